The largest absolute Gasteiger partial charge is 0.312 e. The van der Waals surface area contributed by atoms with E-state index in [0.717, 1.165) is 48.0 Å². The van der Waals surface area contributed by atoms with Crippen LogP contribution in [0.3, 0.4) is 0 Å². The average Bonchev–Trinajstić information content (AvgIpc) is 3.39. The second-order valence-corrected chi connectivity index (χ2v) is 8.49. The van der Waals surface area contributed by atoms with Gasteiger partial charge in [-0.3, -0.25) is 19.1 Å². The standard InChI is InChI=1S/C22H21N5O2S/c28-19(15-3-5-17(6-4-15)26-13-1-2-20(26)29)14-30-22-25-24-21(27(22)18-7-8-18)16-9-11-23-12-10-16/h3-6,9-12,18H,1-2,7-8,13-14H2. The zero-order valence-corrected chi connectivity index (χ0v) is 17.2. The van der Waals surface area contributed by atoms with Gasteiger partial charge in [-0.05, 0) is 55.7 Å². The van der Waals surface area contributed by atoms with Crippen molar-refractivity contribution in [1.82, 2.24) is 19.7 Å². The fraction of sp³-hybridized carbons (Fsp3) is 0.318. The second-order valence-electron chi connectivity index (χ2n) is 7.55. The van der Waals surface area contributed by atoms with E-state index in [1.54, 1.807) is 29.4 Å². The van der Waals surface area contributed by atoms with Gasteiger partial charge in [-0.25, -0.2) is 0 Å². The molecule has 0 radical (unpaired) electrons. The van der Waals surface area contributed by atoms with Crippen LogP contribution in [0.25, 0.3) is 11.4 Å². The molecule has 0 spiro atoms. The van der Waals surface area contributed by atoms with Gasteiger partial charge >= 0.3 is 0 Å². The van der Waals surface area contributed by atoms with Gasteiger partial charge in [0.1, 0.15) is 0 Å². The van der Waals surface area contributed by atoms with Crippen molar-refractivity contribution in [3.05, 3.63) is 54.4 Å². The van der Waals surface area contributed by atoms with Gasteiger partial charge in [-0.15, -0.1) is 10.2 Å². The molecule has 2 fully saturated rings. The number of rotatable bonds is 7. The molecule has 1 amide bonds. The summed E-state index contributed by atoms with van der Waals surface area (Å²) in [5, 5.41) is 9.50. The molecule has 8 heteroatoms. The number of hydrogen-bond donors (Lipinski definition) is 0. The van der Waals surface area contributed by atoms with E-state index in [-0.39, 0.29) is 11.7 Å². The smallest absolute Gasteiger partial charge is 0.227 e. The highest BCUT2D eigenvalue weighted by Crippen LogP contribution is 2.41. The van der Waals surface area contributed by atoms with E-state index in [0.29, 0.717) is 23.8 Å². The van der Waals surface area contributed by atoms with Crippen LogP contribution in [0.4, 0.5) is 5.69 Å². The maximum absolute atomic E-state index is 12.7. The Morgan fingerprint density at radius 3 is 2.50 bits per heavy atom. The molecule has 0 atom stereocenters. The molecular formula is C22H21N5O2S. The third-order valence-corrected chi connectivity index (χ3v) is 6.36. The van der Waals surface area contributed by atoms with Gasteiger partial charge in [0.25, 0.3) is 0 Å². The van der Waals surface area contributed by atoms with E-state index in [1.165, 1.54) is 11.8 Å². The molecule has 2 aliphatic rings. The van der Waals surface area contributed by atoms with Crippen LogP contribution in [0.2, 0.25) is 0 Å². The summed E-state index contributed by atoms with van der Waals surface area (Å²) in [6, 6.07) is 11.6. The molecule has 7 nitrogen and oxygen atoms in total. The quantitative estimate of drug-likeness (QED) is 0.428. The fourth-order valence-corrected chi connectivity index (χ4v) is 4.60. The summed E-state index contributed by atoms with van der Waals surface area (Å²) in [5.41, 5.74) is 2.48. The highest BCUT2D eigenvalue weighted by atomic mass is 32.2. The van der Waals surface area contributed by atoms with Crippen LogP contribution >= 0.6 is 11.8 Å². The van der Waals surface area contributed by atoms with E-state index in [9.17, 15) is 9.59 Å². The maximum Gasteiger partial charge on any atom is 0.227 e. The molecule has 1 saturated carbocycles. The molecule has 0 bridgehead atoms. The molecule has 5 rings (SSSR count). The minimum Gasteiger partial charge on any atom is -0.312 e. The van der Waals surface area contributed by atoms with Crippen molar-refractivity contribution in [3.63, 3.8) is 0 Å². The Morgan fingerprint density at radius 1 is 1.07 bits per heavy atom. The highest BCUT2D eigenvalue weighted by molar-refractivity contribution is 7.99. The molecule has 1 aliphatic carbocycles. The number of thioether (sulfide) groups is 1. The van der Waals surface area contributed by atoms with Gasteiger partial charge in [0, 0.05) is 48.2 Å². The Balaban J connectivity index is 1.29. The Hall–Kier alpha value is -3.00. The molecule has 1 aromatic carbocycles. The van der Waals surface area contributed by atoms with E-state index in [2.05, 4.69) is 19.7 Å². The van der Waals surface area contributed by atoms with Crippen LogP contribution in [0, 0.1) is 0 Å². The van der Waals surface area contributed by atoms with Crippen molar-refractivity contribution in [2.75, 3.05) is 17.2 Å². The number of nitrogens with zero attached hydrogens (tertiary/aromatic N) is 5. The number of pyridine rings is 1. The van der Waals surface area contributed by atoms with Crippen molar-refractivity contribution in [2.24, 2.45) is 0 Å². The number of aromatic nitrogens is 4. The number of amides is 1. The van der Waals surface area contributed by atoms with E-state index < -0.39 is 0 Å². The first-order valence-corrected chi connectivity index (χ1v) is 11.1. The lowest BCUT2D eigenvalue weighted by atomic mass is 10.1. The van der Waals surface area contributed by atoms with Crippen molar-refractivity contribution >= 4 is 29.1 Å². The zero-order valence-electron chi connectivity index (χ0n) is 16.4. The second kappa shape index (κ2) is 8.02. The van der Waals surface area contributed by atoms with Crippen LogP contribution in [-0.4, -0.2) is 43.7 Å². The number of carbonyl (C=O) groups excluding carboxylic acids is 2. The minimum atomic E-state index is 0.0371. The minimum absolute atomic E-state index is 0.0371. The van der Waals surface area contributed by atoms with Crippen molar-refractivity contribution in [1.29, 1.82) is 0 Å². The first kappa shape index (κ1) is 19.0. The SMILES string of the molecule is O=C(CSc1nnc(-c2ccncc2)n1C1CC1)c1ccc(N2CCCC2=O)cc1. The molecular weight excluding hydrogens is 398 g/mol. The summed E-state index contributed by atoms with van der Waals surface area (Å²) in [6.45, 7) is 0.749. The fourth-order valence-electron chi connectivity index (χ4n) is 3.70. The number of carbonyl (C=O) groups is 2. The summed E-state index contributed by atoms with van der Waals surface area (Å²) in [5.74, 6) is 1.31. The van der Waals surface area contributed by atoms with E-state index in [4.69, 9.17) is 0 Å². The topological polar surface area (TPSA) is 81.0 Å². The van der Waals surface area contributed by atoms with Gasteiger partial charge < -0.3 is 4.90 Å². The molecule has 152 valence electrons. The molecule has 1 aliphatic heterocycles. The lowest BCUT2D eigenvalue weighted by Gasteiger charge is -2.15. The highest BCUT2D eigenvalue weighted by Gasteiger charge is 2.30. The molecule has 0 N–H and O–H groups in total. The van der Waals surface area contributed by atoms with E-state index >= 15 is 0 Å². The lowest BCUT2D eigenvalue weighted by Crippen LogP contribution is -2.23. The van der Waals surface area contributed by atoms with Crippen LogP contribution < -0.4 is 4.90 Å². The number of hydrogen-bond acceptors (Lipinski definition) is 6. The first-order valence-electron chi connectivity index (χ1n) is 10.1. The summed E-state index contributed by atoms with van der Waals surface area (Å²) < 4.78 is 2.15. The summed E-state index contributed by atoms with van der Waals surface area (Å²) >= 11 is 1.42. The monoisotopic (exact) mass is 419 g/mol. The van der Waals surface area contributed by atoms with Gasteiger partial charge in [-0.1, -0.05) is 11.8 Å². The number of benzene rings is 1. The first-order chi connectivity index (χ1) is 14.7. The summed E-state index contributed by atoms with van der Waals surface area (Å²) in [7, 11) is 0. The Labute approximate surface area is 178 Å². The van der Waals surface area contributed by atoms with Gasteiger partial charge in [0.15, 0.2) is 16.8 Å². The molecule has 3 aromatic rings. The van der Waals surface area contributed by atoms with Crippen molar-refractivity contribution in [2.45, 2.75) is 36.9 Å². The van der Waals surface area contributed by atoms with Crippen molar-refractivity contribution < 1.29 is 9.59 Å². The number of anilines is 1. The molecule has 3 heterocycles. The molecule has 0 unspecified atom stereocenters. The number of ketones is 1. The summed E-state index contributed by atoms with van der Waals surface area (Å²) in [6.07, 6.45) is 7.19. The molecule has 1 saturated heterocycles. The normalized spacial score (nSPS) is 16.3. The lowest BCUT2D eigenvalue weighted by molar-refractivity contribution is -0.117. The Kier molecular flexibility index (Phi) is 5.08. The van der Waals surface area contributed by atoms with Crippen molar-refractivity contribution in [3.8, 4) is 11.4 Å². The predicted octanol–water partition coefficient (Wildman–Crippen LogP) is 3.78. The Morgan fingerprint density at radius 2 is 1.83 bits per heavy atom. The molecule has 30 heavy (non-hydrogen) atoms. The zero-order chi connectivity index (χ0) is 20.5. The molecule has 2 aromatic heterocycles. The Bertz CT molecular complexity index is 1080. The van der Waals surface area contributed by atoms with E-state index in [1.807, 2.05) is 24.3 Å². The van der Waals surface area contributed by atoms with Crippen LogP contribution in [-0.2, 0) is 4.79 Å². The predicted molar refractivity (Wildman–Crippen MR) is 115 cm³/mol. The van der Waals surface area contributed by atoms with Gasteiger partial charge in [0.05, 0.1) is 5.75 Å². The van der Waals surface area contributed by atoms with Gasteiger partial charge in [-0.2, -0.15) is 0 Å². The van der Waals surface area contributed by atoms with Crippen LogP contribution in [0.5, 0.6) is 0 Å². The average molecular weight is 420 g/mol. The van der Waals surface area contributed by atoms with Gasteiger partial charge in [0.2, 0.25) is 5.91 Å². The summed E-state index contributed by atoms with van der Waals surface area (Å²) in [4.78, 5) is 30.5. The van der Waals surface area contributed by atoms with Crippen LogP contribution in [0.15, 0.2) is 53.9 Å². The maximum atomic E-state index is 12.7. The van der Waals surface area contributed by atoms with Crippen LogP contribution in [0.1, 0.15) is 42.1 Å². The third-order valence-electron chi connectivity index (χ3n) is 5.42. The third kappa shape index (κ3) is 3.75. The number of Topliss-reactive ketones (excluding diaryl/α,β-unsaturated/α-hetero) is 1.